The molecule has 1 amide bonds. The van der Waals surface area contributed by atoms with E-state index >= 15 is 0 Å². The number of hydrogen-bond donors (Lipinski definition) is 13. The Hall–Kier alpha value is -7.64. The van der Waals surface area contributed by atoms with E-state index in [1.165, 1.54) is 11.9 Å². The number of carboxylic acid groups (broad SMARTS) is 10. The lowest BCUT2D eigenvalue weighted by Crippen LogP contribution is -2.60. The Morgan fingerprint density at radius 1 is 0.518 bits per heavy atom. The smallest absolute Gasteiger partial charge is 0.374 e. The maximum absolute atomic E-state index is 12.8. The topological polar surface area (TPSA) is 518 Å². The van der Waals surface area contributed by atoms with Crippen LogP contribution < -0.4 is 16.0 Å². The molecule has 0 spiro atoms. The maximum Gasteiger partial charge on any atom is 0.374 e. The van der Waals surface area contributed by atoms with Gasteiger partial charge in [0.2, 0.25) is 29.0 Å². The fraction of sp³-hybridized carbons (Fsp3) is 0.692. The summed E-state index contributed by atoms with van der Waals surface area (Å²) in [4.78, 5) is 178. The Morgan fingerprint density at radius 2 is 0.904 bits per heavy atom. The summed E-state index contributed by atoms with van der Waals surface area (Å²) in [6, 6.07) is -3.61. The molecule has 31 heteroatoms. The molecule has 0 aliphatic carbocycles. The highest BCUT2D eigenvalue weighted by Crippen LogP contribution is 2.33. The second-order valence-corrected chi connectivity index (χ2v) is 20.2. The average Bonchev–Trinajstić information content (AvgIpc) is 3.84. The highest BCUT2D eigenvalue weighted by Gasteiger charge is 2.49. The minimum absolute atomic E-state index is 0.0442. The number of hydrogen-bond acceptors (Lipinski definition) is 20. The van der Waals surface area contributed by atoms with Crippen LogP contribution in [0.25, 0.3) is 0 Å². The van der Waals surface area contributed by atoms with E-state index in [9.17, 15) is 86.9 Å². The van der Waals surface area contributed by atoms with Crippen molar-refractivity contribution in [3.05, 3.63) is 0 Å². The molecule has 0 aromatic heterocycles. The van der Waals surface area contributed by atoms with E-state index in [1.54, 1.807) is 34.9 Å². The summed E-state index contributed by atoms with van der Waals surface area (Å²) in [7, 11) is 4.51. The summed E-state index contributed by atoms with van der Waals surface area (Å²) in [5.74, 6) is -18.4. The molecular formula is C52H85N5O26. The van der Waals surface area contributed by atoms with Crippen LogP contribution in [0.5, 0.6) is 0 Å². The fourth-order valence-electron chi connectivity index (χ4n) is 7.63. The summed E-state index contributed by atoms with van der Waals surface area (Å²) in [6.45, 7) is 13.3. The van der Waals surface area contributed by atoms with Gasteiger partial charge in [0.15, 0.2) is 0 Å². The SMILES string of the molecule is CC(C)C[C@@H](C(=O)O)N(C)C(CCCC(=O)C(=O)O)(CCCC(=O)C(=O)O)C(=O)C(=O)O.CC(C)C[C@H](NCCCC(=O)C(=O)O)C(=O)O.CN[C@@H](C)C(=O)O.CN[C@@H](CC(C)C)C(=O)O.O=C(O)C(=O)CCCN1C(=O)CC[C@H]1C(=O)O. The summed E-state index contributed by atoms with van der Waals surface area (Å²) < 4.78 is 0. The predicted octanol–water partition coefficient (Wildman–Crippen LogP) is 0.847. The van der Waals surface area contributed by atoms with Crippen LogP contribution in [0, 0.1) is 17.8 Å². The van der Waals surface area contributed by atoms with Crippen LogP contribution in [0.4, 0.5) is 0 Å². The Labute approximate surface area is 479 Å². The molecule has 1 aliphatic rings. The molecule has 0 unspecified atom stereocenters. The highest BCUT2D eigenvalue weighted by atomic mass is 16.4. The van der Waals surface area contributed by atoms with Crippen LogP contribution in [0.15, 0.2) is 0 Å². The molecule has 0 aromatic rings. The molecular weight excluding hydrogens is 1110 g/mol. The zero-order chi connectivity index (χ0) is 65.7. The number of nitrogens with one attached hydrogen (secondary N) is 3. The van der Waals surface area contributed by atoms with E-state index < -0.39 is 131 Å². The maximum atomic E-state index is 12.8. The van der Waals surface area contributed by atoms with Crippen molar-refractivity contribution in [2.45, 2.75) is 181 Å². The van der Waals surface area contributed by atoms with Crippen molar-refractivity contribution in [1.82, 2.24) is 25.8 Å². The zero-order valence-corrected chi connectivity index (χ0v) is 48.5. The quantitative estimate of drug-likeness (QED) is 0.0301. The minimum Gasteiger partial charge on any atom is -0.480 e. The number of aliphatic carboxylic acids is 10. The lowest BCUT2D eigenvalue weighted by molar-refractivity contribution is -0.160. The zero-order valence-electron chi connectivity index (χ0n) is 48.5. The largest absolute Gasteiger partial charge is 0.480 e. The van der Waals surface area contributed by atoms with Crippen molar-refractivity contribution in [1.29, 1.82) is 0 Å². The van der Waals surface area contributed by atoms with E-state index in [1.807, 2.05) is 27.7 Å². The Balaban J connectivity index is -0.000000517. The monoisotopic (exact) mass is 1200 g/mol. The first kappa shape index (κ1) is 81.8. The second kappa shape index (κ2) is 43.1. The third-order valence-corrected chi connectivity index (χ3v) is 12.2. The third kappa shape index (κ3) is 35.7. The molecule has 0 aromatic carbocycles. The minimum atomic E-state index is -2.00. The van der Waals surface area contributed by atoms with Crippen LogP contribution in [0.3, 0.4) is 0 Å². The van der Waals surface area contributed by atoms with E-state index in [4.69, 9.17) is 40.9 Å². The van der Waals surface area contributed by atoms with Crippen LogP contribution in [0.2, 0.25) is 0 Å². The predicted molar refractivity (Wildman–Crippen MR) is 288 cm³/mol. The summed E-state index contributed by atoms with van der Waals surface area (Å²) >= 11 is 0. The molecule has 0 bridgehead atoms. The number of Topliss-reactive ketones (excluding diaryl/α,β-unsaturated/α-hetero) is 5. The first-order chi connectivity index (χ1) is 38.2. The number of likely N-dealkylation sites (N-methyl/N-ethyl adjacent to an activating group) is 3. The van der Waals surface area contributed by atoms with Crippen molar-refractivity contribution >= 4 is 94.5 Å². The average molecular weight is 1200 g/mol. The van der Waals surface area contributed by atoms with Gasteiger partial charge in [-0.15, -0.1) is 0 Å². The summed E-state index contributed by atoms with van der Waals surface area (Å²) in [5.41, 5.74) is -2.00. The third-order valence-electron chi connectivity index (χ3n) is 12.2. The van der Waals surface area contributed by atoms with Gasteiger partial charge in [0.25, 0.3) is 5.78 Å². The van der Waals surface area contributed by atoms with Gasteiger partial charge in [-0.2, -0.15) is 0 Å². The van der Waals surface area contributed by atoms with Crippen LogP contribution in [-0.2, 0) is 76.7 Å². The molecule has 0 saturated carbocycles. The van der Waals surface area contributed by atoms with Gasteiger partial charge >= 0.3 is 59.7 Å². The Kier molecular flexibility index (Phi) is 42.5. The molecule has 1 heterocycles. The van der Waals surface area contributed by atoms with E-state index in [2.05, 4.69) is 16.0 Å². The normalized spacial score (nSPS) is 14.1. The second-order valence-electron chi connectivity index (χ2n) is 20.2. The molecule has 1 fully saturated rings. The van der Waals surface area contributed by atoms with Crippen molar-refractivity contribution in [3.63, 3.8) is 0 Å². The van der Waals surface area contributed by atoms with Crippen molar-refractivity contribution in [2.75, 3.05) is 34.2 Å². The van der Waals surface area contributed by atoms with Gasteiger partial charge in [0.05, 0.1) is 5.54 Å². The number of carbonyl (C=O) groups is 16. The van der Waals surface area contributed by atoms with Gasteiger partial charge in [-0.1, -0.05) is 41.5 Å². The summed E-state index contributed by atoms with van der Waals surface area (Å²) in [5, 5.41) is 95.8. The molecule has 13 N–H and O–H groups in total. The van der Waals surface area contributed by atoms with Crippen molar-refractivity contribution in [3.8, 4) is 0 Å². The number of amides is 1. The number of carbonyl (C=O) groups excluding carboxylic acids is 6. The molecule has 1 rings (SSSR count). The van der Waals surface area contributed by atoms with Gasteiger partial charge in [0, 0.05) is 38.6 Å². The molecule has 83 heavy (non-hydrogen) atoms. The van der Waals surface area contributed by atoms with Crippen molar-refractivity contribution < 1.29 is 128 Å². The van der Waals surface area contributed by atoms with Crippen LogP contribution in [-0.4, -0.2) is 225 Å². The standard InChI is InChI=1S/C20H29NO11.C11H19NO5.C10H13NO6.C7H15NO2.C4H9NO2/c1-11(2)10-12(16(25)26)21(3)20(15(24)19(31)32,8-4-6-13(22)17(27)28)9-5-7-14(23)18(29)30;1-7(2)6-8(10(14)15)12-5-3-4-9(13)11(16)17;12-7(10(16)17)2-1-5-11-6(9(14)15)3-4-8(11)13;1-5(2)4-6(8-3)7(9)10;1-3(5-2)4(6)7/h11-12H,4-10H2,1-3H3,(H,25,26)(H,27,28)(H,29,30)(H,31,32);7-8,12H,3-6H2,1-2H3,(H,14,15)(H,16,17);6H,1-5H2,(H,14,15)(H,16,17);5-6,8H,4H2,1-3H3,(H,9,10);3,5H,1-2H3,(H,6,7)/t12-;8-;2*6-;3-/m00000/s1. The van der Waals surface area contributed by atoms with Gasteiger partial charge in [0.1, 0.15) is 30.2 Å². The van der Waals surface area contributed by atoms with Gasteiger partial charge in [-0.25, -0.2) is 28.8 Å². The molecule has 5 atom stereocenters. The first-order valence-electron chi connectivity index (χ1n) is 26.3. The van der Waals surface area contributed by atoms with Crippen LogP contribution >= 0.6 is 0 Å². The number of ketones is 5. The molecule has 31 nitrogen and oxygen atoms in total. The summed E-state index contributed by atoms with van der Waals surface area (Å²) in [6.07, 6.45) is -0.364. The number of nitrogens with zero attached hydrogens (tertiary/aromatic N) is 2. The van der Waals surface area contributed by atoms with Crippen molar-refractivity contribution in [2.24, 2.45) is 17.8 Å². The molecule has 1 saturated heterocycles. The van der Waals surface area contributed by atoms with E-state index in [-0.39, 0.29) is 94.5 Å². The van der Waals surface area contributed by atoms with Crippen LogP contribution in [0.1, 0.15) is 145 Å². The fourth-order valence-corrected chi connectivity index (χ4v) is 7.63. The first-order valence-corrected chi connectivity index (χ1v) is 26.3. The highest BCUT2D eigenvalue weighted by molar-refractivity contribution is 6.37. The number of carboxylic acids is 10. The van der Waals surface area contributed by atoms with Gasteiger partial charge in [-0.05, 0) is 117 Å². The molecule has 1 aliphatic heterocycles. The lowest BCUT2D eigenvalue weighted by atomic mass is 9.79. The van der Waals surface area contributed by atoms with Gasteiger partial charge in [-0.3, -0.25) is 52.8 Å². The Morgan fingerprint density at radius 3 is 1.19 bits per heavy atom. The number of likely N-dealkylation sites (tertiary alicyclic amines) is 1. The molecule has 0 radical (unpaired) electrons. The lowest BCUT2D eigenvalue weighted by Gasteiger charge is -2.43. The molecule has 474 valence electrons. The van der Waals surface area contributed by atoms with E-state index in [0.717, 1.165) is 4.90 Å². The van der Waals surface area contributed by atoms with Gasteiger partial charge < -0.3 is 71.9 Å². The Bertz CT molecular complexity index is 2200. The number of rotatable bonds is 38. The van der Waals surface area contributed by atoms with E-state index in [0.29, 0.717) is 31.7 Å².